The zero-order valence-electron chi connectivity index (χ0n) is 15.0. The van der Waals surface area contributed by atoms with Crippen molar-refractivity contribution >= 4 is 17.5 Å². The lowest BCUT2D eigenvalue weighted by Crippen LogP contribution is -2.23. The van der Waals surface area contributed by atoms with Crippen LogP contribution in [0.15, 0.2) is 48.5 Å². The number of carboxylic acids is 1. The van der Waals surface area contributed by atoms with Crippen molar-refractivity contribution in [3.63, 3.8) is 0 Å². The maximum absolute atomic E-state index is 13.2. The number of hydrogen-bond donors (Lipinski definition) is 1. The number of aliphatic carboxylic acids is 1. The number of carbonyl (C=O) groups is 3. The molecule has 0 radical (unpaired) electrons. The number of aryl methyl sites for hydroxylation is 1. The van der Waals surface area contributed by atoms with Crippen LogP contribution in [0.5, 0.6) is 5.75 Å². The fraction of sp³-hybridized carbons (Fsp3) is 0.143. The average Bonchev–Trinajstić information content (AvgIpc) is 3.10. The van der Waals surface area contributed by atoms with E-state index < -0.39 is 5.97 Å². The Bertz CT molecular complexity index is 1110. The van der Waals surface area contributed by atoms with Crippen molar-refractivity contribution in [3.8, 4) is 11.4 Å². The van der Waals surface area contributed by atoms with Crippen molar-refractivity contribution in [1.82, 2.24) is 9.55 Å². The van der Waals surface area contributed by atoms with Crippen LogP contribution in [-0.4, -0.2) is 39.3 Å². The van der Waals surface area contributed by atoms with E-state index in [2.05, 4.69) is 4.98 Å². The van der Waals surface area contributed by atoms with Gasteiger partial charge >= 0.3 is 5.97 Å². The maximum atomic E-state index is 13.2. The van der Waals surface area contributed by atoms with E-state index in [1.807, 2.05) is 0 Å². The summed E-state index contributed by atoms with van der Waals surface area (Å²) in [6.45, 7) is 0. The highest BCUT2D eigenvalue weighted by molar-refractivity contribution is 6.27. The SMILES string of the molecule is COc1ccc(-n2c(CCC(=O)O)nc3c2C(=O)c2ccccc2C3=O)cc1. The lowest BCUT2D eigenvalue weighted by atomic mass is 9.90. The van der Waals surface area contributed by atoms with Gasteiger partial charge in [0.2, 0.25) is 11.6 Å². The molecule has 0 atom stereocenters. The number of nitrogens with zero attached hydrogens (tertiary/aromatic N) is 2. The summed E-state index contributed by atoms with van der Waals surface area (Å²) in [6.07, 6.45) is -0.0767. The zero-order chi connectivity index (χ0) is 19.8. The summed E-state index contributed by atoms with van der Waals surface area (Å²) in [5.74, 6) is -0.642. The van der Waals surface area contributed by atoms with Gasteiger partial charge in [-0.2, -0.15) is 0 Å². The number of rotatable bonds is 5. The van der Waals surface area contributed by atoms with Gasteiger partial charge in [0.1, 0.15) is 23.0 Å². The molecule has 0 saturated carbocycles. The van der Waals surface area contributed by atoms with E-state index >= 15 is 0 Å². The van der Waals surface area contributed by atoms with Gasteiger partial charge in [-0.05, 0) is 24.3 Å². The number of ketones is 2. The Morgan fingerprint density at radius 2 is 1.68 bits per heavy atom. The zero-order valence-corrected chi connectivity index (χ0v) is 15.0. The van der Waals surface area contributed by atoms with E-state index in [1.54, 1.807) is 60.2 Å². The summed E-state index contributed by atoms with van der Waals surface area (Å²) in [5, 5.41) is 9.07. The van der Waals surface area contributed by atoms with E-state index in [0.29, 0.717) is 28.4 Å². The summed E-state index contributed by atoms with van der Waals surface area (Å²) in [5.41, 5.74) is 1.45. The minimum absolute atomic E-state index is 0.0555. The van der Waals surface area contributed by atoms with E-state index in [0.717, 1.165) is 0 Å². The normalized spacial score (nSPS) is 12.5. The van der Waals surface area contributed by atoms with Crippen LogP contribution >= 0.6 is 0 Å². The Morgan fingerprint density at radius 1 is 1.04 bits per heavy atom. The van der Waals surface area contributed by atoms with Crippen molar-refractivity contribution in [2.45, 2.75) is 12.8 Å². The smallest absolute Gasteiger partial charge is 0.303 e. The summed E-state index contributed by atoms with van der Waals surface area (Å²) >= 11 is 0. The number of fused-ring (bicyclic) bond motifs is 2. The minimum Gasteiger partial charge on any atom is -0.497 e. The number of methoxy groups -OCH3 is 1. The first kappa shape index (κ1) is 17.7. The van der Waals surface area contributed by atoms with E-state index in [4.69, 9.17) is 9.84 Å². The lowest BCUT2D eigenvalue weighted by molar-refractivity contribution is -0.137. The molecule has 3 aromatic rings. The fourth-order valence-electron chi connectivity index (χ4n) is 3.36. The van der Waals surface area contributed by atoms with Gasteiger partial charge in [0.05, 0.1) is 13.5 Å². The molecule has 1 heterocycles. The fourth-order valence-corrected chi connectivity index (χ4v) is 3.36. The highest BCUT2D eigenvalue weighted by Crippen LogP contribution is 2.31. The molecule has 0 bridgehead atoms. The molecule has 2 aromatic carbocycles. The van der Waals surface area contributed by atoms with Gasteiger partial charge in [-0.3, -0.25) is 19.0 Å². The quantitative estimate of drug-likeness (QED) is 0.575. The van der Waals surface area contributed by atoms with Gasteiger partial charge in [-0.25, -0.2) is 4.98 Å². The minimum atomic E-state index is -0.983. The summed E-state index contributed by atoms with van der Waals surface area (Å²) < 4.78 is 6.75. The third-order valence-electron chi connectivity index (χ3n) is 4.69. The molecule has 140 valence electrons. The van der Waals surface area contributed by atoms with Crippen molar-refractivity contribution in [2.75, 3.05) is 7.11 Å². The predicted molar refractivity (Wildman–Crippen MR) is 99.4 cm³/mol. The number of imidazole rings is 1. The molecule has 1 N–H and O–H groups in total. The third kappa shape index (κ3) is 2.77. The summed E-state index contributed by atoms with van der Waals surface area (Å²) in [6, 6.07) is 13.5. The molecule has 28 heavy (non-hydrogen) atoms. The van der Waals surface area contributed by atoms with Gasteiger partial charge in [0, 0.05) is 23.2 Å². The molecule has 1 aliphatic carbocycles. The molecule has 0 amide bonds. The lowest BCUT2D eigenvalue weighted by Gasteiger charge is -2.16. The van der Waals surface area contributed by atoms with Crippen LogP contribution in [0, 0.1) is 0 Å². The summed E-state index contributed by atoms with van der Waals surface area (Å²) in [4.78, 5) is 41.5. The molecule has 0 saturated heterocycles. The Morgan fingerprint density at radius 3 is 2.29 bits per heavy atom. The highest BCUT2D eigenvalue weighted by Gasteiger charge is 2.36. The second-order valence-electron chi connectivity index (χ2n) is 6.36. The van der Waals surface area contributed by atoms with Crippen molar-refractivity contribution < 1.29 is 24.2 Å². The van der Waals surface area contributed by atoms with Gasteiger partial charge in [-0.1, -0.05) is 24.3 Å². The third-order valence-corrected chi connectivity index (χ3v) is 4.69. The van der Waals surface area contributed by atoms with Crippen molar-refractivity contribution in [3.05, 3.63) is 76.9 Å². The Hall–Kier alpha value is -3.74. The molecule has 0 spiro atoms. The maximum Gasteiger partial charge on any atom is 0.303 e. The standard InChI is InChI=1S/C21H16N2O5/c1-28-13-8-6-12(7-9-13)23-16(10-11-17(24)25)22-18-19(23)21(27)15-5-3-2-4-14(15)20(18)26/h2-9H,10-11H2,1H3,(H,24,25). The molecular formula is C21H16N2O5. The molecule has 0 aliphatic heterocycles. The predicted octanol–water partition coefficient (Wildman–Crippen LogP) is 2.67. The van der Waals surface area contributed by atoms with Crippen molar-refractivity contribution in [1.29, 1.82) is 0 Å². The molecule has 1 aromatic heterocycles. The van der Waals surface area contributed by atoms with E-state index in [9.17, 15) is 14.4 Å². The number of benzene rings is 2. The van der Waals surface area contributed by atoms with Crippen LogP contribution in [0.1, 0.15) is 44.3 Å². The van der Waals surface area contributed by atoms with Gasteiger partial charge in [0.15, 0.2) is 0 Å². The molecule has 0 unspecified atom stereocenters. The van der Waals surface area contributed by atoms with Crippen LogP contribution in [-0.2, 0) is 11.2 Å². The molecule has 0 fully saturated rings. The van der Waals surface area contributed by atoms with Crippen LogP contribution in [0.3, 0.4) is 0 Å². The Balaban J connectivity index is 1.92. The molecule has 1 aliphatic rings. The number of carboxylic acid groups (broad SMARTS) is 1. The second-order valence-corrected chi connectivity index (χ2v) is 6.36. The number of carbonyl (C=O) groups excluding carboxylic acids is 2. The number of ether oxygens (including phenoxy) is 1. The van der Waals surface area contributed by atoms with Crippen molar-refractivity contribution in [2.24, 2.45) is 0 Å². The monoisotopic (exact) mass is 376 g/mol. The number of aromatic nitrogens is 2. The number of hydrogen-bond acceptors (Lipinski definition) is 5. The summed E-state index contributed by atoms with van der Waals surface area (Å²) in [7, 11) is 1.55. The molecule has 7 nitrogen and oxygen atoms in total. The first-order chi connectivity index (χ1) is 13.5. The molecular weight excluding hydrogens is 360 g/mol. The largest absolute Gasteiger partial charge is 0.497 e. The van der Waals surface area contributed by atoms with Gasteiger partial charge in [0.25, 0.3) is 0 Å². The Labute approximate surface area is 160 Å². The molecule has 4 rings (SSSR count). The first-order valence-corrected chi connectivity index (χ1v) is 8.67. The highest BCUT2D eigenvalue weighted by atomic mass is 16.5. The van der Waals surface area contributed by atoms with Crippen LogP contribution in [0.4, 0.5) is 0 Å². The molecule has 7 heteroatoms. The van der Waals surface area contributed by atoms with Gasteiger partial charge in [-0.15, -0.1) is 0 Å². The van der Waals surface area contributed by atoms with Crippen LogP contribution < -0.4 is 4.74 Å². The van der Waals surface area contributed by atoms with Gasteiger partial charge < -0.3 is 9.84 Å². The van der Waals surface area contributed by atoms with E-state index in [-0.39, 0.29) is 35.8 Å². The van der Waals surface area contributed by atoms with E-state index in [1.165, 1.54) is 0 Å². The Kier molecular flexibility index (Phi) is 4.27. The second kappa shape index (κ2) is 6.77. The topological polar surface area (TPSA) is 98.5 Å². The van der Waals surface area contributed by atoms with Crippen LogP contribution in [0.2, 0.25) is 0 Å². The average molecular weight is 376 g/mol. The first-order valence-electron chi connectivity index (χ1n) is 8.67. The van der Waals surface area contributed by atoms with Crippen LogP contribution in [0.25, 0.3) is 5.69 Å².